The minimum atomic E-state index is -0.171. The molecule has 22 heavy (non-hydrogen) atoms. The van der Waals surface area contributed by atoms with Crippen molar-refractivity contribution in [2.24, 2.45) is 5.73 Å². The maximum Gasteiger partial charge on any atom is 0.243 e. The number of rotatable bonds is 6. The summed E-state index contributed by atoms with van der Waals surface area (Å²) in [7, 11) is 0. The lowest BCUT2D eigenvalue weighted by Gasteiger charge is -2.06. The van der Waals surface area contributed by atoms with E-state index in [1.165, 1.54) is 4.80 Å². The van der Waals surface area contributed by atoms with Gasteiger partial charge in [0.15, 0.2) is 0 Å². The van der Waals surface area contributed by atoms with Gasteiger partial charge >= 0.3 is 0 Å². The van der Waals surface area contributed by atoms with Gasteiger partial charge in [0.1, 0.15) is 6.54 Å². The summed E-state index contributed by atoms with van der Waals surface area (Å²) in [4.78, 5) is 12.9. The molecule has 1 amide bonds. The van der Waals surface area contributed by atoms with Crippen LogP contribution in [-0.2, 0) is 11.3 Å². The Labute approximate surface area is 139 Å². The van der Waals surface area contributed by atoms with Gasteiger partial charge in [0.2, 0.25) is 11.7 Å². The number of nitrogens with zero attached hydrogens (tertiary/aromatic N) is 4. The van der Waals surface area contributed by atoms with Gasteiger partial charge in [0.25, 0.3) is 0 Å². The van der Waals surface area contributed by atoms with Gasteiger partial charge in [-0.2, -0.15) is 4.80 Å². The zero-order valence-electron chi connectivity index (χ0n) is 12.1. The molecular formula is C13H18Cl2N6O. The second kappa shape index (κ2) is 8.67. The van der Waals surface area contributed by atoms with Crippen LogP contribution in [0.3, 0.4) is 0 Å². The summed E-state index contributed by atoms with van der Waals surface area (Å²) >= 11 is 5.82. The van der Waals surface area contributed by atoms with Crippen LogP contribution in [0.5, 0.6) is 0 Å². The van der Waals surface area contributed by atoms with Crippen molar-refractivity contribution >= 4 is 29.9 Å². The predicted molar refractivity (Wildman–Crippen MR) is 86.8 cm³/mol. The Morgan fingerprint density at radius 1 is 1.41 bits per heavy atom. The molecule has 2 aromatic rings. The molecule has 0 spiro atoms. The van der Waals surface area contributed by atoms with Crippen LogP contribution >= 0.6 is 24.0 Å². The first kappa shape index (κ1) is 18.3. The quantitative estimate of drug-likeness (QED) is 0.821. The molecular weight excluding hydrogens is 327 g/mol. The van der Waals surface area contributed by atoms with Crippen molar-refractivity contribution in [1.29, 1.82) is 0 Å². The van der Waals surface area contributed by atoms with Gasteiger partial charge in [-0.25, -0.2) is 0 Å². The summed E-state index contributed by atoms with van der Waals surface area (Å²) in [5.41, 5.74) is 6.40. The van der Waals surface area contributed by atoms with Gasteiger partial charge in [-0.15, -0.1) is 22.6 Å². The van der Waals surface area contributed by atoms with Crippen molar-refractivity contribution in [3.63, 3.8) is 0 Å². The van der Waals surface area contributed by atoms with E-state index < -0.39 is 0 Å². The SMILES string of the molecule is CC(N)CCNC(=O)Cn1nnc(-c2ccc(Cl)cc2)n1.Cl. The number of tetrazole rings is 1. The smallest absolute Gasteiger partial charge is 0.243 e. The Kier molecular flexibility index (Phi) is 7.23. The third kappa shape index (κ3) is 5.59. The fraction of sp³-hybridized carbons (Fsp3) is 0.385. The second-order valence-corrected chi connectivity index (χ2v) is 5.20. The number of benzene rings is 1. The molecule has 1 aromatic heterocycles. The lowest BCUT2D eigenvalue weighted by Crippen LogP contribution is -2.32. The lowest BCUT2D eigenvalue weighted by atomic mass is 10.2. The van der Waals surface area contributed by atoms with Crippen LogP contribution in [-0.4, -0.2) is 38.7 Å². The molecule has 120 valence electrons. The van der Waals surface area contributed by atoms with E-state index in [4.69, 9.17) is 17.3 Å². The van der Waals surface area contributed by atoms with E-state index in [1.807, 2.05) is 6.92 Å². The van der Waals surface area contributed by atoms with Crippen molar-refractivity contribution in [2.45, 2.75) is 25.9 Å². The number of carbonyl (C=O) groups excluding carboxylic acids is 1. The number of nitrogens with two attached hydrogens (primary N) is 1. The third-order valence-corrected chi connectivity index (χ3v) is 3.01. The maximum atomic E-state index is 11.7. The highest BCUT2D eigenvalue weighted by Gasteiger charge is 2.09. The Hall–Kier alpha value is -1.70. The second-order valence-electron chi connectivity index (χ2n) is 4.77. The zero-order chi connectivity index (χ0) is 15.2. The molecule has 1 unspecified atom stereocenters. The highest BCUT2D eigenvalue weighted by atomic mass is 35.5. The van der Waals surface area contributed by atoms with E-state index in [0.29, 0.717) is 17.4 Å². The molecule has 1 aromatic carbocycles. The largest absolute Gasteiger partial charge is 0.354 e. The first-order valence-corrected chi connectivity index (χ1v) is 6.98. The van der Waals surface area contributed by atoms with E-state index in [-0.39, 0.29) is 30.9 Å². The number of nitrogens with one attached hydrogen (secondary N) is 1. The van der Waals surface area contributed by atoms with Gasteiger partial charge < -0.3 is 11.1 Å². The van der Waals surface area contributed by atoms with Crippen molar-refractivity contribution in [1.82, 2.24) is 25.5 Å². The molecule has 0 radical (unpaired) electrons. The molecule has 0 aliphatic carbocycles. The first-order chi connectivity index (χ1) is 10.0. The van der Waals surface area contributed by atoms with Gasteiger partial charge in [-0.1, -0.05) is 11.6 Å². The molecule has 0 aliphatic rings. The topological polar surface area (TPSA) is 98.7 Å². The fourth-order valence-corrected chi connectivity index (χ4v) is 1.77. The average molecular weight is 345 g/mol. The molecule has 1 heterocycles. The van der Waals surface area contributed by atoms with Gasteiger partial charge in [-0.05, 0) is 42.8 Å². The molecule has 0 saturated heterocycles. The van der Waals surface area contributed by atoms with Crippen molar-refractivity contribution in [3.8, 4) is 11.4 Å². The lowest BCUT2D eigenvalue weighted by molar-refractivity contribution is -0.122. The Morgan fingerprint density at radius 3 is 2.73 bits per heavy atom. The third-order valence-electron chi connectivity index (χ3n) is 2.76. The summed E-state index contributed by atoms with van der Waals surface area (Å²) in [6, 6.07) is 7.15. The molecule has 2 rings (SSSR count). The van der Waals surface area contributed by atoms with E-state index in [9.17, 15) is 4.79 Å². The normalized spacial score (nSPS) is 11.6. The van der Waals surface area contributed by atoms with Crippen LogP contribution in [0, 0.1) is 0 Å². The van der Waals surface area contributed by atoms with Gasteiger partial charge in [0.05, 0.1) is 0 Å². The summed E-state index contributed by atoms with van der Waals surface area (Å²) in [6.07, 6.45) is 0.729. The van der Waals surface area contributed by atoms with E-state index >= 15 is 0 Å². The average Bonchev–Trinajstić information content (AvgIpc) is 2.87. The van der Waals surface area contributed by atoms with Crippen LogP contribution in [0.1, 0.15) is 13.3 Å². The fourth-order valence-electron chi connectivity index (χ4n) is 1.65. The van der Waals surface area contributed by atoms with Gasteiger partial charge in [-0.3, -0.25) is 4.79 Å². The van der Waals surface area contributed by atoms with Crippen LogP contribution in [0.2, 0.25) is 5.02 Å². The zero-order valence-corrected chi connectivity index (χ0v) is 13.6. The Bertz CT molecular complexity index is 599. The summed E-state index contributed by atoms with van der Waals surface area (Å²) in [5, 5.41) is 15.3. The highest BCUT2D eigenvalue weighted by Crippen LogP contribution is 2.16. The van der Waals surface area contributed by atoms with E-state index in [0.717, 1.165) is 12.0 Å². The minimum Gasteiger partial charge on any atom is -0.354 e. The van der Waals surface area contributed by atoms with Crippen LogP contribution in [0.25, 0.3) is 11.4 Å². The molecule has 0 fully saturated rings. The number of halogens is 2. The summed E-state index contributed by atoms with van der Waals surface area (Å²) in [5.74, 6) is 0.283. The Morgan fingerprint density at radius 2 is 2.09 bits per heavy atom. The first-order valence-electron chi connectivity index (χ1n) is 6.60. The number of aromatic nitrogens is 4. The highest BCUT2D eigenvalue weighted by molar-refractivity contribution is 6.30. The minimum absolute atomic E-state index is 0. The Balaban J connectivity index is 0.00000242. The number of hydrogen-bond donors (Lipinski definition) is 2. The standard InChI is InChI=1S/C13H17ClN6O.ClH/c1-9(15)6-7-16-12(21)8-20-18-13(17-19-20)10-2-4-11(14)5-3-10;/h2-5,9H,6-8,15H2,1H3,(H,16,21);1H. The van der Waals surface area contributed by atoms with Crippen molar-refractivity contribution < 1.29 is 4.79 Å². The molecule has 3 N–H and O–H groups in total. The van der Waals surface area contributed by atoms with Crippen LogP contribution in [0.15, 0.2) is 24.3 Å². The van der Waals surface area contributed by atoms with Crippen LogP contribution < -0.4 is 11.1 Å². The summed E-state index contributed by atoms with van der Waals surface area (Å²) in [6.45, 7) is 2.46. The maximum absolute atomic E-state index is 11.7. The number of amides is 1. The molecule has 0 aliphatic heterocycles. The van der Waals surface area contributed by atoms with E-state index in [1.54, 1.807) is 24.3 Å². The molecule has 9 heteroatoms. The van der Waals surface area contributed by atoms with E-state index in [2.05, 4.69) is 20.7 Å². The molecule has 7 nitrogen and oxygen atoms in total. The van der Waals surface area contributed by atoms with Gasteiger partial charge in [0, 0.05) is 23.2 Å². The summed E-state index contributed by atoms with van der Waals surface area (Å²) < 4.78 is 0. The number of carbonyl (C=O) groups is 1. The molecule has 1 atom stereocenters. The molecule has 0 saturated carbocycles. The van der Waals surface area contributed by atoms with Crippen molar-refractivity contribution in [2.75, 3.05) is 6.54 Å². The molecule has 0 bridgehead atoms. The van der Waals surface area contributed by atoms with Crippen molar-refractivity contribution in [3.05, 3.63) is 29.3 Å². The predicted octanol–water partition coefficient (Wildman–Crippen LogP) is 1.27. The van der Waals surface area contributed by atoms with Crippen LogP contribution in [0.4, 0.5) is 0 Å². The number of hydrogen-bond acceptors (Lipinski definition) is 5. The monoisotopic (exact) mass is 344 g/mol.